The van der Waals surface area contributed by atoms with Crippen molar-refractivity contribution in [3.8, 4) is 11.5 Å². The second kappa shape index (κ2) is 8.11. The molecule has 0 amide bonds. The maximum absolute atomic E-state index is 10.9. The molecule has 4 nitrogen and oxygen atoms in total. The van der Waals surface area contributed by atoms with Crippen LogP contribution in [0.15, 0.2) is 36.4 Å². The highest BCUT2D eigenvalue weighted by Crippen LogP contribution is 2.33. The van der Waals surface area contributed by atoms with Gasteiger partial charge in [-0.25, -0.2) is 0 Å². The molecule has 2 rings (SSSR count). The first-order valence-corrected chi connectivity index (χ1v) is 9.50. The van der Waals surface area contributed by atoms with Gasteiger partial charge in [0.25, 0.3) is 0 Å². The van der Waals surface area contributed by atoms with E-state index in [1.54, 1.807) is 0 Å². The Bertz CT molecular complexity index is 683. The molecule has 7 heteroatoms. The largest absolute Gasteiger partial charge is 0.480 e. The van der Waals surface area contributed by atoms with Gasteiger partial charge in [-0.1, -0.05) is 6.07 Å². The summed E-state index contributed by atoms with van der Waals surface area (Å²) in [5.74, 6) is 0.553. The maximum Gasteiger partial charge on any atom is 0.320 e. The fourth-order valence-corrected chi connectivity index (χ4v) is 4.45. The Balaban J connectivity index is 2.25. The van der Waals surface area contributed by atoms with Gasteiger partial charge in [-0.15, -0.1) is 0 Å². The Labute approximate surface area is 169 Å². The van der Waals surface area contributed by atoms with E-state index in [1.165, 1.54) is 0 Å². The SMILES string of the molecule is N[C@@H](Cc1cc(I)c(Oc2cccc(I)c2)c(I)c1)C(=O)O. The zero-order valence-electron chi connectivity index (χ0n) is 11.2. The number of benzene rings is 2. The van der Waals surface area contributed by atoms with E-state index in [9.17, 15) is 4.79 Å². The topological polar surface area (TPSA) is 72.5 Å². The Kier molecular flexibility index (Phi) is 6.71. The minimum absolute atomic E-state index is 0.296. The van der Waals surface area contributed by atoms with Gasteiger partial charge in [0.1, 0.15) is 11.8 Å². The second-order valence-electron chi connectivity index (χ2n) is 4.60. The molecule has 1 atom stereocenters. The molecule has 0 fully saturated rings. The van der Waals surface area contributed by atoms with Crippen molar-refractivity contribution in [2.45, 2.75) is 12.5 Å². The number of nitrogens with two attached hydrogens (primary N) is 1. The molecular weight excluding hydrogens is 623 g/mol. The fourth-order valence-electron chi connectivity index (χ4n) is 1.82. The molecule has 22 heavy (non-hydrogen) atoms. The van der Waals surface area contributed by atoms with E-state index < -0.39 is 12.0 Å². The van der Waals surface area contributed by atoms with Crippen LogP contribution >= 0.6 is 67.8 Å². The van der Waals surface area contributed by atoms with E-state index in [-0.39, 0.29) is 0 Å². The summed E-state index contributed by atoms with van der Waals surface area (Å²) in [6.45, 7) is 0. The van der Waals surface area contributed by atoms with Gasteiger partial charge in [0.2, 0.25) is 0 Å². The first-order valence-electron chi connectivity index (χ1n) is 6.26. The quantitative estimate of drug-likeness (QED) is 0.483. The summed E-state index contributed by atoms with van der Waals surface area (Å²) in [5.41, 5.74) is 6.48. The highest BCUT2D eigenvalue weighted by atomic mass is 127. The van der Waals surface area contributed by atoms with E-state index >= 15 is 0 Å². The first kappa shape index (κ1) is 18.2. The summed E-state index contributed by atoms with van der Waals surface area (Å²) >= 11 is 6.62. The predicted octanol–water partition coefficient (Wildman–Crippen LogP) is 4.25. The lowest BCUT2D eigenvalue weighted by Gasteiger charge is -2.13. The molecule has 0 aliphatic heterocycles. The second-order valence-corrected chi connectivity index (χ2v) is 8.17. The average Bonchev–Trinajstić information content (AvgIpc) is 2.43. The molecule has 2 aromatic carbocycles. The van der Waals surface area contributed by atoms with Crippen LogP contribution in [0, 0.1) is 10.7 Å². The van der Waals surface area contributed by atoms with Crippen molar-refractivity contribution >= 4 is 73.7 Å². The van der Waals surface area contributed by atoms with E-state index in [2.05, 4.69) is 67.8 Å². The molecule has 0 saturated carbocycles. The molecule has 0 bridgehead atoms. The number of carboxylic acid groups (broad SMARTS) is 1. The number of carboxylic acids is 1. The number of halogens is 3. The van der Waals surface area contributed by atoms with Gasteiger partial charge in [-0.3, -0.25) is 4.79 Å². The lowest BCUT2D eigenvalue weighted by atomic mass is 10.1. The van der Waals surface area contributed by atoms with Crippen LogP contribution in [0.5, 0.6) is 11.5 Å². The van der Waals surface area contributed by atoms with Crippen molar-refractivity contribution in [2.24, 2.45) is 5.73 Å². The van der Waals surface area contributed by atoms with Gasteiger partial charge in [0, 0.05) is 3.57 Å². The normalized spacial score (nSPS) is 12.0. The van der Waals surface area contributed by atoms with Crippen molar-refractivity contribution in [1.29, 1.82) is 0 Å². The minimum atomic E-state index is -0.996. The standard InChI is InChI=1S/C15H12I3NO3/c16-9-2-1-3-10(7-9)22-14-11(17)4-8(5-12(14)18)6-13(19)15(20)21/h1-5,7,13H,6,19H2,(H,20,21)/t13-/m0/s1. The highest BCUT2D eigenvalue weighted by molar-refractivity contribution is 14.1. The van der Waals surface area contributed by atoms with Gasteiger partial charge in [0.05, 0.1) is 7.14 Å². The van der Waals surface area contributed by atoms with E-state index in [1.807, 2.05) is 36.4 Å². The smallest absolute Gasteiger partial charge is 0.320 e. The first-order chi connectivity index (χ1) is 10.4. The summed E-state index contributed by atoms with van der Waals surface area (Å²) < 4.78 is 8.92. The molecule has 0 unspecified atom stereocenters. The van der Waals surface area contributed by atoms with Gasteiger partial charge in [-0.2, -0.15) is 0 Å². The summed E-state index contributed by atoms with van der Waals surface area (Å²) in [6.07, 6.45) is 0.296. The van der Waals surface area contributed by atoms with Gasteiger partial charge in [-0.05, 0) is 110 Å². The lowest BCUT2D eigenvalue weighted by Crippen LogP contribution is -2.32. The molecule has 0 radical (unpaired) electrons. The number of carbonyl (C=O) groups is 1. The third kappa shape index (κ3) is 4.93. The Morgan fingerprint density at radius 3 is 2.36 bits per heavy atom. The van der Waals surface area contributed by atoms with Crippen LogP contribution in [-0.4, -0.2) is 17.1 Å². The zero-order chi connectivity index (χ0) is 16.3. The van der Waals surface area contributed by atoms with Crippen LogP contribution in [0.25, 0.3) is 0 Å². The summed E-state index contributed by atoms with van der Waals surface area (Å²) in [6, 6.07) is 10.7. The van der Waals surface area contributed by atoms with Gasteiger partial charge < -0.3 is 15.6 Å². The third-order valence-corrected chi connectivity index (χ3v) is 5.12. The molecule has 0 aliphatic carbocycles. The molecule has 0 aromatic heterocycles. The number of rotatable bonds is 5. The van der Waals surface area contributed by atoms with Crippen LogP contribution in [-0.2, 0) is 11.2 Å². The Morgan fingerprint density at radius 2 is 1.82 bits per heavy atom. The van der Waals surface area contributed by atoms with Crippen LogP contribution in [0.3, 0.4) is 0 Å². The fraction of sp³-hybridized carbons (Fsp3) is 0.133. The third-order valence-electron chi connectivity index (χ3n) is 2.85. The molecule has 0 aliphatic rings. The van der Waals surface area contributed by atoms with Crippen molar-refractivity contribution in [1.82, 2.24) is 0 Å². The molecular formula is C15H12I3NO3. The van der Waals surface area contributed by atoms with Crippen LogP contribution in [0.1, 0.15) is 5.56 Å². The van der Waals surface area contributed by atoms with Crippen LogP contribution < -0.4 is 10.5 Å². The lowest BCUT2D eigenvalue weighted by molar-refractivity contribution is -0.138. The number of hydrogen-bond donors (Lipinski definition) is 2. The molecule has 0 heterocycles. The number of ether oxygens (including phenoxy) is 1. The zero-order valence-corrected chi connectivity index (χ0v) is 17.7. The van der Waals surface area contributed by atoms with Gasteiger partial charge >= 0.3 is 5.97 Å². The number of hydrogen-bond acceptors (Lipinski definition) is 3. The summed E-state index contributed by atoms with van der Waals surface area (Å²) in [7, 11) is 0. The molecule has 3 N–H and O–H groups in total. The average molecular weight is 635 g/mol. The van der Waals surface area contributed by atoms with E-state index in [0.29, 0.717) is 6.42 Å². The highest BCUT2D eigenvalue weighted by Gasteiger charge is 2.15. The summed E-state index contributed by atoms with van der Waals surface area (Å²) in [4.78, 5) is 10.9. The van der Waals surface area contributed by atoms with Crippen molar-refractivity contribution in [2.75, 3.05) is 0 Å². The summed E-state index contributed by atoms with van der Waals surface area (Å²) in [5, 5.41) is 8.90. The molecule has 0 spiro atoms. The number of aliphatic carboxylic acids is 1. The van der Waals surface area contributed by atoms with E-state index in [4.69, 9.17) is 15.6 Å². The maximum atomic E-state index is 10.9. The predicted molar refractivity (Wildman–Crippen MR) is 110 cm³/mol. The monoisotopic (exact) mass is 635 g/mol. The Hall–Kier alpha value is -0.140. The van der Waals surface area contributed by atoms with E-state index in [0.717, 1.165) is 27.8 Å². The van der Waals surface area contributed by atoms with Crippen molar-refractivity contribution in [3.63, 3.8) is 0 Å². The van der Waals surface area contributed by atoms with Crippen molar-refractivity contribution in [3.05, 3.63) is 52.7 Å². The minimum Gasteiger partial charge on any atom is -0.480 e. The molecule has 2 aromatic rings. The molecule has 0 saturated heterocycles. The molecule has 116 valence electrons. The van der Waals surface area contributed by atoms with Crippen LogP contribution in [0.2, 0.25) is 0 Å². The van der Waals surface area contributed by atoms with Crippen LogP contribution in [0.4, 0.5) is 0 Å². The van der Waals surface area contributed by atoms with Gasteiger partial charge in [0.15, 0.2) is 5.75 Å². The Morgan fingerprint density at radius 1 is 1.18 bits per heavy atom. The van der Waals surface area contributed by atoms with Crippen molar-refractivity contribution < 1.29 is 14.6 Å².